The largest absolute Gasteiger partial charge is 0.490 e. The van der Waals surface area contributed by atoms with Crippen molar-refractivity contribution in [1.82, 2.24) is 25.3 Å². The molecule has 13 nitrogen and oxygen atoms in total. The summed E-state index contributed by atoms with van der Waals surface area (Å²) in [4.78, 5) is 46.3. The van der Waals surface area contributed by atoms with Gasteiger partial charge < -0.3 is 20.3 Å². The van der Waals surface area contributed by atoms with Crippen molar-refractivity contribution in [3.8, 4) is 11.8 Å². The zero-order valence-corrected chi connectivity index (χ0v) is 30.6. The Morgan fingerprint density at radius 2 is 1.72 bits per heavy atom. The minimum absolute atomic E-state index is 0.00707. The van der Waals surface area contributed by atoms with Crippen molar-refractivity contribution >= 4 is 40.8 Å². The predicted molar refractivity (Wildman–Crippen MR) is 201 cm³/mol. The molecule has 1 saturated carbocycles. The molecule has 1 aliphatic carbocycles. The number of nitrogens with one attached hydrogen (secondary N) is 1. The molecule has 4 heterocycles. The standard InChI is InChI=1S/C39H46ClN9O4/c40-33-23-32(7-4-27(33)24-41)53-31-8-5-29(6-9-31)49(35-11-13-37(50)43-39(35)52)30-3-1-2-26(22-30)25-46-18-20-47(21-19-46)28-14-16-48(17-15-28)36-12-10-34(38(42)51)44-45-36/h1-4,7,10,12,22-23,28-29,31,35H,5-6,8-9,11,13-21,25H2,(H2,42,51)(H,43,50,52). The van der Waals surface area contributed by atoms with Crippen molar-refractivity contribution in [2.24, 2.45) is 5.73 Å². The molecule has 53 heavy (non-hydrogen) atoms. The molecule has 4 aliphatic rings. The van der Waals surface area contributed by atoms with Crippen molar-refractivity contribution in [3.05, 3.63) is 76.4 Å². The monoisotopic (exact) mass is 739 g/mol. The van der Waals surface area contributed by atoms with E-state index in [1.54, 1.807) is 24.3 Å². The number of nitrogens with two attached hydrogens (primary N) is 1. The molecule has 2 aromatic carbocycles. The van der Waals surface area contributed by atoms with Crippen molar-refractivity contribution in [3.63, 3.8) is 0 Å². The van der Waals surface area contributed by atoms with Crippen LogP contribution in [0.15, 0.2) is 54.6 Å². The molecule has 3 amide bonds. The summed E-state index contributed by atoms with van der Waals surface area (Å²) in [6.07, 6.45) is 6.23. The van der Waals surface area contributed by atoms with Crippen LogP contribution >= 0.6 is 11.6 Å². The maximum Gasteiger partial charge on any atom is 0.269 e. The van der Waals surface area contributed by atoms with Crippen LogP contribution in [0.1, 0.15) is 73.0 Å². The van der Waals surface area contributed by atoms with E-state index in [0.29, 0.717) is 35.2 Å². The average Bonchev–Trinajstić information content (AvgIpc) is 3.17. The van der Waals surface area contributed by atoms with Crippen molar-refractivity contribution < 1.29 is 19.1 Å². The molecule has 1 atom stereocenters. The number of aromatic nitrogens is 2. The number of anilines is 2. The summed E-state index contributed by atoms with van der Waals surface area (Å²) in [6.45, 7) is 6.61. The smallest absolute Gasteiger partial charge is 0.269 e. The third kappa shape index (κ3) is 8.73. The van der Waals surface area contributed by atoms with E-state index in [2.05, 4.69) is 65.4 Å². The van der Waals surface area contributed by atoms with Gasteiger partial charge in [-0.05, 0) is 86.9 Å². The van der Waals surface area contributed by atoms with Gasteiger partial charge in [0.1, 0.15) is 17.9 Å². The molecule has 1 unspecified atom stereocenters. The fraction of sp³-hybridized carbons (Fsp3) is 0.487. The van der Waals surface area contributed by atoms with Gasteiger partial charge in [-0.3, -0.25) is 29.5 Å². The number of piperidine rings is 2. The molecule has 278 valence electrons. The summed E-state index contributed by atoms with van der Waals surface area (Å²) in [5.41, 5.74) is 8.13. The van der Waals surface area contributed by atoms with Crippen LogP contribution in [0.25, 0.3) is 0 Å². The van der Waals surface area contributed by atoms with Crippen LogP contribution in [0.2, 0.25) is 5.02 Å². The number of nitriles is 1. The van der Waals surface area contributed by atoms with Gasteiger partial charge in [-0.25, -0.2) is 0 Å². The van der Waals surface area contributed by atoms with E-state index < -0.39 is 11.9 Å². The van der Waals surface area contributed by atoms with Gasteiger partial charge in [0.25, 0.3) is 5.91 Å². The molecule has 3 saturated heterocycles. The lowest BCUT2D eigenvalue weighted by Gasteiger charge is -2.44. The lowest BCUT2D eigenvalue weighted by atomic mass is 9.89. The van der Waals surface area contributed by atoms with E-state index in [1.807, 2.05) is 6.07 Å². The predicted octanol–water partition coefficient (Wildman–Crippen LogP) is 3.89. The first-order chi connectivity index (χ1) is 25.7. The first-order valence-electron chi connectivity index (χ1n) is 18.7. The maximum atomic E-state index is 13.3. The number of carbonyl (C=O) groups is 3. The van der Waals surface area contributed by atoms with E-state index in [1.165, 1.54) is 5.56 Å². The van der Waals surface area contributed by atoms with Crippen LogP contribution in [0.3, 0.4) is 0 Å². The number of nitrogens with zero attached hydrogens (tertiary/aromatic N) is 7. The van der Waals surface area contributed by atoms with Crippen LogP contribution in [0.5, 0.6) is 5.75 Å². The minimum atomic E-state index is -0.571. The molecule has 0 radical (unpaired) electrons. The number of rotatable bonds is 10. The molecule has 1 aromatic heterocycles. The first kappa shape index (κ1) is 36.6. The van der Waals surface area contributed by atoms with Crippen molar-refractivity contribution in [2.75, 3.05) is 49.1 Å². The summed E-state index contributed by atoms with van der Waals surface area (Å²) in [7, 11) is 0. The first-order valence-corrected chi connectivity index (χ1v) is 19.0. The van der Waals surface area contributed by atoms with Gasteiger partial charge in [0.05, 0.1) is 16.7 Å². The number of ether oxygens (including phenoxy) is 1. The van der Waals surface area contributed by atoms with E-state index in [0.717, 1.165) is 95.8 Å². The van der Waals surface area contributed by atoms with Crippen LogP contribution in [-0.4, -0.2) is 101 Å². The molecule has 0 spiro atoms. The Hall–Kier alpha value is -4.77. The molecule has 3 aromatic rings. The SMILES string of the molecule is N#Cc1ccc(OC2CCC(N(c3cccc(CN4CCN(C5CCN(c6ccc(C(N)=O)nn6)CC5)CC4)c3)C3CCC(=O)NC3=O)CC2)cc1Cl. The van der Waals surface area contributed by atoms with E-state index in [4.69, 9.17) is 22.1 Å². The van der Waals surface area contributed by atoms with Gasteiger partial charge >= 0.3 is 0 Å². The van der Waals surface area contributed by atoms with Crippen molar-refractivity contribution in [1.29, 1.82) is 5.26 Å². The minimum Gasteiger partial charge on any atom is -0.490 e. The van der Waals surface area contributed by atoms with Crippen LogP contribution in [0.4, 0.5) is 11.5 Å². The maximum absolute atomic E-state index is 13.3. The quantitative estimate of drug-likeness (QED) is 0.291. The highest BCUT2D eigenvalue weighted by molar-refractivity contribution is 6.31. The van der Waals surface area contributed by atoms with E-state index >= 15 is 0 Å². The van der Waals surface area contributed by atoms with Gasteiger partial charge in [-0.2, -0.15) is 5.26 Å². The highest BCUT2D eigenvalue weighted by Crippen LogP contribution is 2.34. The van der Waals surface area contributed by atoms with Gasteiger partial charge in [0.2, 0.25) is 11.8 Å². The molecular weight excluding hydrogens is 694 g/mol. The summed E-state index contributed by atoms with van der Waals surface area (Å²) in [5, 5.41) is 20.4. The molecular formula is C39H46ClN9O4. The topological polar surface area (TPSA) is 161 Å². The Labute approximate surface area is 315 Å². The summed E-state index contributed by atoms with van der Waals surface area (Å²) >= 11 is 6.24. The summed E-state index contributed by atoms with van der Waals surface area (Å²) in [5.74, 6) is 0.419. The zero-order chi connectivity index (χ0) is 36.9. The van der Waals surface area contributed by atoms with E-state index in [-0.39, 0.29) is 29.7 Å². The van der Waals surface area contributed by atoms with E-state index in [9.17, 15) is 19.6 Å². The fourth-order valence-corrected chi connectivity index (χ4v) is 8.54. The number of amides is 3. The van der Waals surface area contributed by atoms with Crippen LogP contribution in [0, 0.1) is 11.3 Å². The second kappa shape index (κ2) is 16.5. The van der Waals surface area contributed by atoms with Gasteiger partial charge in [-0.15, -0.1) is 10.2 Å². The normalized spacial score (nSPS) is 23.2. The van der Waals surface area contributed by atoms with Gasteiger partial charge in [0, 0.05) is 76.1 Å². The number of benzene rings is 2. The molecule has 3 N–H and O–H groups in total. The number of piperazine rings is 1. The summed E-state index contributed by atoms with van der Waals surface area (Å²) < 4.78 is 6.27. The average molecular weight is 740 g/mol. The molecule has 14 heteroatoms. The second-order valence-corrected chi connectivity index (χ2v) is 14.9. The number of imide groups is 1. The third-order valence-electron chi connectivity index (χ3n) is 11.2. The van der Waals surface area contributed by atoms with Gasteiger partial charge in [-0.1, -0.05) is 23.7 Å². The Morgan fingerprint density at radius 1 is 0.943 bits per heavy atom. The molecule has 3 aliphatic heterocycles. The van der Waals surface area contributed by atoms with Crippen LogP contribution in [-0.2, 0) is 16.1 Å². The number of primary amides is 1. The Morgan fingerprint density at radius 3 is 2.38 bits per heavy atom. The number of hydrogen-bond donors (Lipinski definition) is 2. The molecule has 4 fully saturated rings. The Balaban J connectivity index is 0.948. The lowest BCUT2D eigenvalue weighted by molar-refractivity contribution is -0.134. The molecule has 0 bridgehead atoms. The Bertz CT molecular complexity index is 1830. The zero-order valence-electron chi connectivity index (χ0n) is 29.8. The van der Waals surface area contributed by atoms with Crippen molar-refractivity contribution in [2.45, 2.75) is 82.1 Å². The third-order valence-corrected chi connectivity index (χ3v) is 11.5. The number of carbonyl (C=O) groups excluding carboxylic acids is 3. The number of halogens is 1. The highest BCUT2D eigenvalue weighted by Gasteiger charge is 2.38. The highest BCUT2D eigenvalue weighted by atomic mass is 35.5. The fourth-order valence-electron chi connectivity index (χ4n) is 8.33. The Kier molecular flexibility index (Phi) is 11.4. The van der Waals surface area contributed by atoms with Crippen LogP contribution < -0.4 is 25.6 Å². The second-order valence-electron chi connectivity index (χ2n) is 14.5. The lowest BCUT2D eigenvalue weighted by Crippen LogP contribution is -2.56. The van der Waals surface area contributed by atoms with Gasteiger partial charge in [0.15, 0.2) is 11.5 Å². The summed E-state index contributed by atoms with van der Waals surface area (Å²) in [6, 6.07) is 19.5. The number of hydrogen-bond acceptors (Lipinski definition) is 11. The molecule has 7 rings (SSSR count).